The predicted octanol–water partition coefficient (Wildman–Crippen LogP) is 1.64. The van der Waals surface area contributed by atoms with Crippen LogP contribution in [0.5, 0.6) is 0 Å². The molecular formula is C9H15BrN2O2. The average Bonchev–Trinajstić information content (AvgIpc) is 2.46. The van der Waals surface area contributed by atoms with E-state index in [1.807, 2.05) is 14.0 Å². The molecule has 0 saturated heterocycles. The summed E-state index contributed by atoms with van der Waals surface area (Å²) in [6.07, 6.45) is 1.74. The van der Waals surface area contributed by atoms with Gasteiger partial charge in [0.25, 0.3) is 0 Å². The van der Waals surface area contributed by atoms with Crippen molar-refractivity contribution in [3.8, 4) is 0 Å². The van der Waals surface area contributed by atoms with Gasteiger partial charge in [0.2, 0.25) is 0 Å². The quantitative estimate of drug-likeness (QED) is 0.821. The van der Waals surface area contributed by atoms with Gasteiger partial charge in [-0.25, -0.2) is 0 Å². The minimum atomic E-state index is -0.525. The second-order valence-corrected chi connectivity index (χ2v) is 3.86. The fourth-order valence-corrected chi connectivity index (χ4v) is 1.88. The number of nitrogens with zero attached hydrogens (tertiary/aromatic N) is 2. The molecule has 0 aliphatic rings. The number of hydrogen-bond acceptors (Lipinski definition) is 3. The van der Waals surface area contributed by atoms with Gasteiger partial charge in [-0.05, 0) is 22.9 Å². The first-order valence-electron chi connectivity index (χ1n) is 4.60. The molecule has 80 valence electrons. The van der Waals surface area contributed by atoms with Gasteiger partial charge in [0, 0.05) is 26.7 Å². The third kappa shape index (κ3) is 2.80. The summed E-state index contributed by atoms with van der Waals surface area (Å²) in [5.41, 5.74) is 0.796. The largest absolute Gasteiger partial charge is 0.387 e. The van der Waals surface area contributed by atoms with Crippen LogP contribution in [0.25, 0.3) is 0 Å². The number of aliphatic hydroxyl groups is 1. The standard InChI is InChI=1S/C9H15BrN2O2/c1-3-14-5-4-8(13)9-7(10)6-11-12(9)2/h6,8,13H,3-5H2,1-2H3. The van der Waals surface area contributed by atoms with Crippen LogP contribution in [0, 0.1) is 0 Å². The second kappa shape index (κ2) is 5.48. The lowest BCUT2D eigenvalue weighted by Crippen LogP contribution is -2.08. The van der Waals surface area contributed by atoms with E-state index in [1.54, 1.807) is 10.9 Å². The first-order valence-corrected chi connectivity index (χ1v) is 5.39. The van der Waals surface area contributed by atoms with Crippen LogP contribution < -0.4 is 0 Å². The third-order valence-corrected chi connectivity index (χ3v) is 2.60. The van der Waals surface area contributed by atoms with E-state index in [-0.39, 0.29) is 0 Å². The molecule has 5 heteroatoms. The highest BCUT2D eigenvalue weighted by Gasteiger charge is 2.15. The number of hydrogen-bond donors (Lipinski definition) is 1. The van der Waals surface area contributed by atoms with Crippen molar-refractivity contribution in [1.29, 1.82) is 0 Å². The maximum absolute atomic E-state index is 9.83. The molecule has 4 nitrogen and oxygen atoms in total. The second-order valence-electron chi connectivity index (χ2n) is 3.00. The van der Waals surface area contributed by atoms with Crippen LogP contribution in [0.2, 0.25) is 0 Å². The summed E-state index contributed by atoms with van der Waals surface area (Å²) in [6.45, 7) is 3.18. The first-order chi connectivity index (χ1) is 6.66. The topological polar surface area (TPSA) is 47.3 Å². The lowest BCUT2D eigenvalue weighted by molar-refractivity contribution is 0.0843. The van der Waals surface area contributed by atoms with Crippen molar-refractivity contribution in [2.75, 3.05) is 13.2 Å². The minimum absolute atomic E-state index is 0.525. The highest BCUT2D eigenvalue weighted by molar-refractivity contribution is 9.10. The van der Waals surface area contributed by atoms with E-state index < -0.39 is 6.10 Å². The van der Waals surface area contributed by atoms with Gasteiger partial charge in [-0.3, -0.25) is 4.68 Å². The lowest BCUT2D eigenvalue weighted by atomic mass is 10.2. The van der Waals surface area contributed by atoms with Crippen molar-refractivity contribution in [2.24, 2.45) is 7.05 Å². The Bertz CT molecular complexity index is 269. The van der Waals surface area contributed by atoms with Crippen molar-refractivity contribution < 1.29 is 9.84 Å². The van der Waals surface area contributed by atoms with E-state index >= 15 is 0 Å². The molecule has 1 aromatic rings. The molecule has 0 spiro atoms. The van der Waals surface area contributed by atoms with Gasteiger partial charge in [-0.15, -0.1) is 0 Å². The Morgan fingerprint density at radius 1 is 1.71 bits per heavy atom. The molecule has 0 saturated carbocycles. The summed E-state index contributed by atoms with van der Waals surface area (Å²) in [6, 6.07) is 0. The molecule has 0 aliphatic carbocycles. The molecule has 0 fully saturated rings. The summed E-state index contributed by atoms with van der Waals surface area (Å²) >= 11 is 3.34. The van der Waals surface area contributed by atoms with Gasteiger partial charge in [0.1, 0.15) is 0 Å². The summed E-state index contributed by atoms with van der Waals surface area (Å²) < 4.78 is 7.68. The minimum Gasteiger partial charge on any atom is -0.387 e. The Morgan fingerprint density at radius 3 is 2.93 bits per heavy atom. The van der Waals surface area contributed by atoms with Gasteiger partial charge in [0.05, 0.1) is 22.5 Å². The van der Waals surface area contributed by atoms with E-state index in [0.717, 1.165) is 10.2 Å². The number of rotatable bonds is 5. The molecule has 0 bridgehead atoms. The van der Waals surface area contributed by atoms with Gasteiger partial charge >= 0.3 is 0 Å². The van der Waals surface area contributed by atoms with Crippen molar-refractivity contribution in [2.45, 2.75) is 19.4 Å². The number of aliphatic hydroxyl groups excluding tert-OH is 1. The molecule has 0 aliphatic heterocycles. The Balaban J connectivity index is 2.55. The van der Waals surface area contributed by atoms with Crippen LogP contribution in [0.1, 0.15) is 25.1 Å². The maximum atomic E-state index is 9.83. The van der Waals surface area contributed by atoms with Gasteiger partial charge < -0.3 is 9.84 Å². The molecular weight excluding hydrogens is 248 g/mol. The van der Waals surface area contributed by atoms with Crippen molar-refractivity contribution >= 4 is 15.9 Å². The van der Waals surface area contributed by atoms with Crippen molar-refractivity contribution in [1.82, 2.24) is 9.78 Å². The molecule has 0 amide bonds. The van der Waals surface area contributed by atoms with Crippen LogP contribution in [-0.2, 0) is 11.8 Å². The SMILES string of the molecule is CCOCCC(O)c1c(Br)cnn1C. The Labute approximate surface area is 92.0 Å². The van der Waals surface area contributed by atoms with Crippen molar-refractivity contribution in [3.05, 3.63) is 16.4 Å². The zero-order chi connectivity index (χ0) is 10.6. The molecule has 1 rings (SSSR count). The van der Waals surface area contributed by atoms with Gasteiger partial charge in [-0.2, -0.15) is 5.10 Å². The number of halogens is 1. The number of ether oxygens (including phenoxy) is 1. The highest BCUT2D eigenvalue weighted by Crippen LogP contribution is 2.24. The summed E-state index contributed by atoms with van der Waals surface area (Å²) in [4.78, 5) is 0. The van der Waals surface area contributed by atoms with Gasteiger partial charge in [0.15, 0.2) is 0 Å². The molecule has 1 heterocycles. The summed E-state index contributed by atoms with van der Waals surface area (Å²) in [5, 5.41) is 13.9. The zero-order valence-electron chi connectivity index (χ0n) is 8.40. The number of aryl methyl sites for hydroxylation is 1. The molecule has 1 unspecified atom stereocenters. The Morgan fingerprint density at radius 2 is 2.43 bits per heavy atom. The normalized spacial score (nSPS) is 13.1. The molecule has 0 radical (unpaired) electrons. The van der Waals surface area contributed by atoms with E-state index in [2.05, 4.69) is 21.0 Å². The molecule has 14 heavy (non-hydrogen) atoms. The van der Waals surface area contributed by atoms with E-state index in [9.17, 15) is 5.11 Å². The van der Waals surface area contributed by atoms with Crippen LogP contribution in [0.4, 0.5) is 0 Å². The van der Waals surface area contributed by atoms with E-state index in [0.29, 0.717) is 19.6 Å². The first kappa shape index (κ1) is 11.7. The van der Waals surface area contributed by atoms with E-state index in [4.69, 9.17) is 4.74 Å². The maximum Gasteiger partial charge on any atom is 0.0989 e. The van der Waals surface area contributed by atoms with Crippen LogP contribution in [0.15, 0.2) is 10.7 Å². The molecule has 1 atom stereocenters. The molecule has 1 N–H and O–H groups in total. The zero-order valence-corrected chi connectivity index (χ0v) is 9.99. The lowest BCUT2D eigenvalue weighted by Gasteiger charge is -2.11. The third-order valence-electron chi connectivity index (χ3n) is 1.99. The fourth-order valence-electron chi connectivity index (χ4n) is 1.27. The highest BCUT2D eigenvalue weighted by atomic mass is 79.9. The number of aromatic nitrogens is 2. The van der Waals surface area contributed by atoms with Gasteiger partial charge in [-0.1, -0.05) is 0 Å². The molecule has 1 aromatic heterocycles. The monoisotopic (exact) mass is 262 g/mol. The fraction of sp³-hybridized carbons (Fsp3) is 0.667. The van der Waals surface area contributed by atoms with Crippen LogP contribution in [-0.4, -0.2) is 28.1 Å². The summed E-state index contributed by atoms with van der Waals surface area (Å²) in [7, 11) is 1.81. The summed E-state index contributed by atoms with van der Waals surface area (Å²) in [5.74, 6) is 0. The molecule has 0 aromatic carbocycles. The Hall–Kier alpha value is -0.390. The predicted molar refractivity (Wildman–Crippen MR) is 57.0 cm³/mol. The van der Waals surface area contributed by atoms with E-state index in [1.165, 1.54) is 0 Å². The van der Waals surface area contributed by atoms with Crippen LogP contribution >= 0.6 is 15.9 Å². The Kier molecular flexibility index (Phi) is 4.57. The average molecular weight is 263 g/mol. The van der Waals surface area contributed by atoms with Crippen molar-refractivity contribution in [3.63, 3.8) is 0 Å². The van der Waals surface area contributed by atoms with Crippen LogP contribution in [0.3, 0.4) is 0 Å². The smallest absolute Gasteiger partial charge is 0.0989 e.